The van der Waals surface area contributed by atoms with Crippen molar-refractivity contribution in [1.29, 1.82) is 0 Å². The maximum atomic E-state index is 12.4. The molecule has 0 amide bonds. The molecular weight excluding hydrogens is 282 g/mol. The molecule has 120 valence electrons. The number of rotatable bonds is 4. The van der Waals surface area contributed by atoms with E-state index in [4.69, 9.17) is 9.47 Å². The van der Waals surface area contributed by atoms with Gasteiger partial charge in [0.15, 0.2) is 0 Å². The first-order valence-electron chi connectivity index (χ1n) is 7.50. The monoisotopic (exact) mass is 305 g/mol. The molecule has 0 aliphatic carbocycles. The fourth-order valence-electron chi connectivity index (χ4n) is 3.52. The van der Waals surface area contributed by atoms with Gasteiger partial charge in [0.05, 0.1) is 20.1 Å². The lowest BCUT2D eigenvalue weighted by Crippen LogP contribution is -2.52. The highest BCUT2D eigenvalue weighted by molar-refractivity contribution is 5.85. The highest BCUT2D eigenvalue weighted by atomic mass is 16.5. The minimum atomic E-state index is -0.881. The molecule has 2 rings (SSSR count). The van der Waals surface area contributed by atoms with Crippen LogP contribution in [0.2, 0.25) is 0 Å². The maximum absolute atomic E-state index is 12.4. The summed E-state index contributed by atoms with van der Waals surface area (Å²) in [6.07, 6.45) is 0.539. The first-order chi connectivity index (χ1) is 10.5. The zero-order valence-electron chi connectivity index (χ0n) is 13.5. The minimum absolute atomic E-state index is 0.234. The summed E-state index contributed by atoms with van der Waals surface area (Å²) in [6, 6.07) is 9.37. The van der Waals surface area contributed by atoms with Crippen molar-refractivity contribution in [2.45, 2.75) is 31.8 Å². The lowest BCUT2D eigenvalue weighted by Gasteiger charge is -2.30. The number of benzene rings is 1. The third-order valence-electron chi connectivity index (χ3n) is 4.83. The van der Waals surface area contributed by atoms with Crippen LogP contribution in [0.25, 0.3) is 0 Å². The first-order valence-corrected chi connectivity index (χ1v) is 7.50. The Hall–Kier alpha value is -1.88. The third kappa shape index (κ3) is 2.50. The van der Waals surface area contributed by atoms with E-state index >= 15 is 0 Å². The lowest BCUT2D eigenvalue weighted by molar-refractivity contribution is -0.152. The molecule has 0 spiro atoms. The van der Waals surface area contributed by atoms with Crippen LogP contribution in [0, 0.1) is 11.8 Å². The molecule has 1 aromatic carbocycles. The summed E-state index contributed by atoms with van der Waals surface area (Å²) < 4.78 is 9.97. The van der Waals surface area contributed by atoms with Crippen molar-refractivity contribution >= 4 is 11.9 Å². The summed E-state index contributed by atoms with van der Waals surface area (Å²) >= 11 is 0. The van der Waals surface area contributed by atoms with E-state index in [1.807, 2.05) is 44.2 Å². The van der Waals surface area contributed by atoms with Crippen LogP contribution in [0.5, 0.6) is 0 Å². The van der Waals surface area contributed by atoms with E-state index < -0.39 is 11.5 Å². The largest absolute Gasteiger partial charge is 0.469 e. The predicted molar refractivity (Wildman–Crippen MR) is 82.0 cm³/mol. The molecular formula is C17H23NO4. The normalized spacial score (nSPS) is 30.8. The number of hydrogen-bond acceptors (Lipinski definition) is 5. The first kappa shape index (κ1) is 16.5. The molecule has 0 aromatic heterocycles. The van der Waals surface area contributed by atoms with E-state index in [1.165, 1.54) is 14.2 Å². The topological polar surface area (TPSA) is 64.6 Å². The molecule has 0 saturated carbocycles. The quantitative estimate of drug-likeness (QED) is 0.863. The van der Waals surface area contributed by atoms with E-state index in [0.29, 0.717) is 6.42 Å². The maximum Gasteiger partial charge on any atom is 0.326 e. The summed E-state index contributed by atoms with van der Waals surface area (Å²) in [4.78, 5) is 24.7. The average molecular weight is 305 g/mol. The molecule has 0 unspecified atom stereocenters. The Bertz CT molecular complexity index is 545. The van der Waals surface area contributed by atoms with Crippen molar-refractivity contribution in [3.8, 4) is 0 Å². The summed E-state index contributed by atoms with van der Waals surface area (Å²) in [5, 5.41) is 3.36. The number of hydrogen-bond donors (Lipinski definition) is 1. The smallest absolute Gasteiger partial charge is 0.326 e. The second kappa shape index (κ2) is 6.48. The SMILES string of the molecule is CC[C@@]1(C(=O)OC)N[C@H](c2ccccc2)[C@H](C(=O)OC)[C@H]1C. The van der Waals surface area contributed by atoms with Gasteiger partial charge in [-0.15, -0.1) is 0 Å². The van der Waals surface area contributed by atoms with Gasteiger partial charge in [0.25, 0.3) is 0 Å². The van der Waals surface area contributed by atoms with E-state index in [2.05, 4.69) is 5.32 Å². The fraction of sp³-hybridized carbons (Fsp3) is 0.529. The number of carbonyl (C=O) groups excluding carboxylic acids is 2. The van der Waals surface area contributed by atoms with Crippen molar-refractivity contribution in [3.63, 3.8) is 0 Å². The summed E-state index contributed by atoms with van der Waals surface area (Å²) in [6.45, 7) is 3.82. The Morgan fingerprint density at radius 2 is 1.82 bits per heavy atom. The second-order valence-electron chi connectivity index (χ2n) is 5.69. The second-order valence-corrected chi connectivity index (χ2v) is 5.69. The van der Waals surface area contributed by atoms with Crippen LogP contribution in [0.3, 0.4) is 0 Å². The van der Waals surface area contributed by atoms with Crippen molar-refractivity contribution in [2.75, 3.05) is 14.2 Å². The molecule has 1 aliphatic heterocycles. The van der Waals surface area contributed by atoms with E-state index in [-0.39, 0.29) is 23.9 Å². The van der Waals surface area contributed by atoms with Gasteiger partial charge in [-0.2, -0.15) is 0 Å². The molecule has 5 nitrogen and oxygen atoms in total. The standard InChI is InChI=1S/C17H23NO4/c1-5-17(16(20)22-4)11(2)13(15(19)21-3)14(18-17)12-9-7-6-8-10-12/h6-11,13-14,18H,5H2,1-4H3/t11-,13-,14-,17-/m1/s1. The molecule has 1 N–H and O–H groups in total. The van der Waals surface area contributed by atoms with Crippen molar-refractivity contribution in [1.82, 2.24) is 5.32 Å². The summed E-state index contributed by atoms with van der Waals surface area (Å²) in [7, 11) is 2.75. The van der Waals surface area contributed by atoms with Gasteiger partial charge < -0.3 is 9.47 Å². The van der Waals surface area contributed by atoms with Gasteiger partial charge >= 0.3 is 11.9 Å². The number of carbonyl (C=O) groups is 2. The van der Waals surface area contributed by atoms with Gasteiger partial charge in [0, 0.05) is 12.0 Å². The van der Waals surface area contributed by atoms with Gasteiger partial charge in [-0.25, -0.2) is 0 Å². The molecule has 4 atom stereocenters. The van der Waals surface area contributed by atoms with E-state index in [1.54, 1.807) is 0 Å². The Morgan fingerprint density at radius 3 is 2.32 bits per heavy atom. The van der Waals surface area contributed by atoms with Crippen molar-refractivity contribution < 1.29 is 19.1 Å². The Kier molecular flexibility index (Phi) is 4.86. The molecule has 5 heteroatoms. The van der Waals surface area contributed by atoms with Gasteiger partial charge in [-0.1, -0.05) is 44.2 Å². The average Bonchev–Trinajstić information content (AvgIpc) is 2.88. The van der Waals surface area contributed by atoms with Gasteiger partial charge in [-0.05, 0) is 12.0 Å². The van der Waals surface area contributed by atoms with Gasteiger partial charge in [0.2, 0.25) is 0 Å². The Balaban J connectivity index is 2.48. The summed E-state index contributed by atoms with van der Waals surface area (Å²) in [5.74, 6) is -1.32. The zero-order valence-corrected chi connectivity index (χ0v) is 13.5. The van der Waals surface area contributed by atoms with Crippen LogP contribution < -0.4 is 5.32 Å². The van der Waals surface area contributed by atoms with Crippen LogP contribution in [0.1, 0.15) is 31.9 Å². The Labute approximate surface area is 131 Å². The zero-order chi connectivity index (χ0) is 16.3. The van der Waals surface area contributed by atoms with Crippen molar-refractivity contribution in [3.05, 3.63) is 35.9 Å². The van der Waals surface area contributed by atoms with Gasteiger partial charge in [0.1, 0.15) is 5.54 Å². The fourth-order valence-corrected chi connectivity index (χ4v) is 3.52. The molecule has 22 heavy (non-hydrogen) atoms. The van der Waals surface area contributed by atoms with Crippen LogP contribution in [-0.2, 0) is 19.1 Å². The molecule has 1 saturated heterocycles. The lowest BCUT2D eigenvalue weighted by atomic mass is 9.77. The molecule has 1 heterocycles. The number of esters is 2. The molecule has 0 radical (unpaired) electrons. The number of methoxy groups -OCH3 is 2. The van der Waals surface area contributed by atoms with Crippen LogP contribution in [-0.4, -0.2) is 31.7 Å². The molecule has 1 aromatic rings. The number of nitrogens with one attached hydrogen (secondary N) is 1. The van der Waals surface area contributed by atoms with Crippen LogP contribution in [0.15, 0.2) is 30.3 Å². The highest BCUT2D eigenvalue weighted by Crippen LogP contribution is 2.45. The van der Waals surface area contributed by atoms with Crippen LogP contribution >= 0.6 is 0 Å². The van der Waals surface area contributed by atoms with E-state index in [9.17, 15) is 9.59 Å². The third-order valence-corrected chi connectivity index (χ3v) is 4.83. The van der Waals surface area contributed by atoms with Gasteiger partial charge in [-0.3, -0.25) is 14.9 Å². The minimum Gasteiger partial charge on any atom is -0.469 e. The van der Waals surface area contributed by atoms with E-state index in [0.717, 1.165) is 5.56 Å². The number of ether oxygens (including phenoxy) is 2. The van der Waals surface area contributed by atoms with Crippen LogP contribution in [0.4, 0.5) is 0 Å². The highest BCUT2D eigenvalue weighted by Gasteiger charge is 2.58. The molecule has 1 fully saturated rings. The summed E-state index contributed by atoms with van der Waals surface area (Å²) in [5.41, 5.74) is 0.0812. The Morgan fingerprint density at radius 1 is 1.18 bits per heavy atom. The molecule has 1 aliphatic rings. The van der Waals surface area contributed by atoms with Crippen molar-refractivity contribution in [2.24, 2.45) is 11.8 Å². The molecule has 0 bridgehead atoms. The predicted octanol–water partition coefficient (Wildman–Crippen LogP) is 2.08.